The Morgan fingerprint density at radius 1 is 0.583 bits per heavy atom. The van der Waals surface area contributed by atoms with Crippen LogP contribution in [0.3, 0.4) is 0 Å². The van der Waals surface area contributed by atoms with Gasteiger partial charge in [-0.25, -0.2) is 9.97 Å². The summed E-state index contributed by atoms with van der Waals surface area (Å²) in [7, 11) is 0. The summed E-state index contributed by atoms with van der Waals surface area (Å²) in [4.78, 5) is 14.7. The van der Waals surface area contributed by atoms with Crippen LogP contribution in [0, 0.1) is 0 Å². The summed E-state index contributed by atoms with van der Waals surface area (Å²) in [6, 6.07) is 56.2. The second kappa shape index (κ2) is 13.4. The van der Waals surface area contributed by atoms with E-state index >= 15 is 0 Å². The number of para-hydroxylation sites is 1. The van der Waals surface area contributed by atoms with Gasteiger partial charge in [-0.1, -0.05) is 126 Å². The lowest BCUT2D eigenvalue weighted by atomic mass is 9.82. The first kappa shape index (κ1) is 35.9. The number of hydrogen-bond donors (Lipinski definition) is 0. The highest BCUT2D eigenvalue weighted by Crippen LogP contribution is 2.57. The zero-order valence-corrected chi connectivity index (χ0v) is 34.5. The third kappa shape index (κ3) is 5.62. The summed E-state index contributed by atoms with van der Waals surface area (Å²) in [5, 5.41) is 2.34. The topological polar surface area (TPSA) is 46.4 Å². The van der Waals surface area contributed by atoms with Gasteiger partial charge >= 0.3 is 0 Å². The fourth-order valence-corrected chi connectivity index (χ4v) is 9.51. The third-order valence-electron chi connectivity index (χ3n) is 12.5. The lowest BCUT2D eigenvalue weighted by Gasteiger charge is -2.28. The molecular weight excluding hydrogens is 735 g/mol. The zero-order valence-electron chi connectivity index (χ0n) is 34.5. The average molecular weight is 780 g/mol. The monoisotopic (exact) mass is 779 g/mol. The Hall–Kier alpha value is -7.18. The Balaban J connectivity index is 0.994. The van der Waals surface area contributed by atoms with Gasteiger partial charge in [0.1, 0.15) is 24.0 Å². The molecule has 4 heterocycles. The molecule has 0 N–H and O–H groups in total. The highest BCUT2D eigenvalue weighted by molar-refractivity contribution is 6.09. The molecule has 0 bridgehead atoms. The van der Waals surface area contributed by atoms with Crippen LogP contribution in [0.1, 0.15) is 51.3 Å². The molecule has 0 amide bonds. The first-order valence-electron chi connectivity index (χ1n) is 20.8. The molecule has 6 heteroatoms. The van der Waals surface area contributed by atoms with Gasteiger partial charge in [0.2, 0.25) is 0 Å². The summed E-state index contributed by atoms with van der Waals surface area (Å²) in [5.74, 6) is 3.34. The largest absolute Gasteiger partial charge is 0.457 e. The van der Waals surface area contributed by atoms with E-state index in [1.807, 2.05) is 24.5 Å². The van der Waals surface area contributed by atoms with Crippen LogP contribution in [0.4, 0.5) is 22.9 Å². The third-order valence-corrected chi connectivity index (χ3v) is 12.5. The molecule has 3 aromatic heterocycles. The van der Waals surface area contributed by atoms with Crippen molar-refractivity contribution in [2.45, 2.75) is 45.4 Å². The van der Waals surface area contributed by atoms with Crippen LogP contribution in [0.5, 0.6) is 11.5 Å². The molecule has 9 aromatic rings. The van der Waals surface area contributed by atoms with Crippen LogP contribution in [-0.4, -0.2) is 21.2 Å². The Kier molecular flexibility index (Phi) is 8.05. The zero-order chi connectivity index (χ0) is 40.8. The predicted octanol–water partition coefficient (Wildman–Crippen LogP) is 13.9. The smallest absolute Gasteiger partial charge is 0.158 e. The van der Waals surface area contributed by atoms with Gasteiger partial charge in [-0.05, 0) is 87.8 Å². The Labute approximate surface area is 351 Å². The molecule has 1 aliphatic carbocycles. The van der Waals surface area contributed by atoms with Crippen molar-refractivity contribution in [2.24, 2.45) is 0 Å². The van der Waals surface area contributed by atoms with Crippen molar-refractivity contribution in [1.82, 2.24) is 14.5 Å². The Morgan fingerprint density at radius 2 is 1.37 bits per heavy atom. The van der Waals surface area contributed by atoms with Crippen molar-refractivity contribution in [3.8, 4) is 39.6 Å². The second-order valence-electron chi connectivity index (χ2n) is 17.5. The second-order valence-corrected chi connectivity index (χ2v) is 17.5. The summed E-state index contributed by atoms with van der Waals surface area (Å²) in [5.41, 5.74) is 14.1. The molecule has 60 heavy (non-hydrogen) atoms. The van der Waals surface area contributed by atoms with Crippen LogP contribution < -0.4 is 14.5 Å². The normalized spacial score (nSPS) is 14.1. The average Bonchev–Trinajstić information content (AvgIpc) is 3.89. The van der Waals surface area contributed by atoms with E-state index in [4.69, 9.17) is 14.7 Å². The lowest BCUT2D eigenvalue weighted by Crippen LogP contribution is -2.25. The van der Waals surface area contributed by atoms with E-state index in [2.05, 4.69) is 195 Å². The molecule has 0 fully saturated rings. The summed E-state index contributed by atoms with van der Waals surface area (Å²) in [6.07, 6.45) is 3.82. The minimum atomic E-state index is -0.141. The molecule has 0 spiro atoms. The molecule has 6 aromatic carbocycles. The quantitative estimate of drug-likeness (QED) is 0.168. The SMILES string of the molecule is CC(C)(C)c1ccnc(-n2c3ccccc3c3ccc(Oc4cccc(N5CN(c6c(-c7ccccc7)ccc7c6-c6ccccc6C7(C)C)c6ncccc65)c4)cc32)c1. The van der Waals surface area contributed by atoms with Gasteiger partial charge < -0.3 is 14.5 Å². The number of rotatable bonds is 6. The van der Waals surface area contributed by atoms with Crippen LogP contribution in [-0.2, 0) is 10.8 Å². The Bertz CT molecular complexity index is 3140. The fraction of sp³-hybridized carbons (Fsp3) is 0.148. The molecule has 0 saturated carbocycles. The molecule has 2 aliphatic rings. The maximum absolute atomic E-state index is 6.76. The Morgan fingerprint density at radius 3 is 2.23 bits per heavy atom. The van der Waals surface area contributed by atoms with E-state index in [0.717, 1.165) is 50.9 Å². The van der Waals surface area contributed by atoms with Gasteiger partial charge in [0.15, 0.2) is 5.82 Å². The highest BCUT2D eigenvalue weighted by atomic mass is 16.5. The van der Waals surface area contributed by atoms with E-state index in [1.54, 1.807) is 0 Å². The maximum Gasteiger partial charge on any atom is 0.158 e. The predicted molar refractivity (Wildman–Crippen MR) is 247 cm³/mol. The molecule has 1 aliphatic heterocycles. The molecular formula is C54H45N5O. The number of aromatic nitrogens is 3. The van der Waals surface area contributed by atoms with Crippen LogP contribution in [0.2, 0.25) is 0 Å². The number of nitrogens with zero attached hydrogens (tertiary/aromatic N) is 5. The molecule has 0 atom stereocenters. The molecule has 6 nitrogen and oxygen atoms in total. The van der Waals surface area contributed by atoms with Crippen molar-refractivity contribution >= 4 is 44.7 Å². The van der Waals surface area contributed by atoms with E-state index in [-0.39, 0.29) is 10.8 Å². The first-order chi connectivity index (χ1) is 29.1. The number of pyridine rings is 2. The van der Waals surface area contributed by atoms with Gasteiger partial charge in [0.25, 0.3) is 0 Å². The number of benzene rings is 6. The minimum Gasteiger partial charge on any atom is -0.457 e. The van der Waals surface area contributed by atoms with Gasteiger partial charge in [-0.2, -0.15) is 0 Å². The molecule has 0 saturated heterocycles. The first-order valence-corrected chi connectivity index (χ1v) is 20.8. The van der Waals surface area contributed by atoms with Crippen LogP contribution >= 0.6 is 0 Å². The van der Waals surface area contributed by atoms with Crippen molar-refractivity contribution in [3.63, 3.8) is 0 Å². The molecule has 0 radical (unpaired) electrons. The van der Waals surface area contributed by atoms with Gasteiger partial charge in [0.05, 0.1) is 22.4 Å². The maximum atomic E-state index is 6.76. The van der Waals surface area contributed by atoms with Gasteiger partial charge in [-0.15, -0.1) is 0 Å². The van der Waals surface area contributed by atoms with E-state index < -0.39 is 0 Å². The summed E-state index contributed by atoms with van der Waals surface area (Å²) in [6.45, 7) is 12.0. The van der Waals surface area contributed by atoms with E-state index in [0.29, 0.717) is 6.67 Å². The number of ether oxygens (including phenoxy) is 1. The standard InChI is InChI=1S/C54H45N5O/c1-53(2,3)36-28-30-55-49(31-36)59-46-22-12-10-19-41(46)42-25-24-39(33-48(42)59)60-38-18-13-17-37(32-38)57-34-58(52-47(57)23-14-29-56-52)51-40(35-15-7-6-8-16-35)26-27-45-50(51)43-20-9-11-21-44(43)54(45,4)5/h6-33H,34H2,1-5H3. The number of hydrogen-bond acceptors (Lipinski definition) is 5. The number of anilines is 4. The van der Waals surface area contributed by atoms with Gasteiger partial charge in [0, 0.05) is 57.5 Å². The molecule has 11 rings (SSSR count). The molecule has 292 valence electrons. The van der Waals surface area contributed by atoms with Crippen molar-refractivity contribution in [3.05, 3.63) is 187 Å². The van der Waals surface area contributed by atoms with Crippen molar-refractivity contribution in [1.29, 1.82) is 0 Å². The van der Waals surface area contributed by atoms with Crippen molar-refractivity contribution in [2.75, 3.05) is 16.5 Å². The van der Waals surface area contributed by atoms with Crippen LogP contribution in [0.25, 0.3) is 49.9 Å². The van der Waals surface area contributed by atoms with E-state index in [9.17, 15) is 0 Å². The summed E-state index contributed by atoms with van der Waals surface area (Å²) < 4.78 is 9.02. The van der Waals surface area contributed by atoms with Crippen molar-refractivity contribution < 1.29 is 4.74 Å². The molecule has 0 unspecified atom stereocenters. The highest BCUT2D eigenvalue weighted by Gasteiger charge is 2.41. The van der Waals surface area contributed by atoms with Crippen LogP contribution in [0.15, 0.2) is 170 Å². The summed E-state index contributed by atoms with van der Waals surface area (Å²) >= 11 is 0. The van der Waals surface area contributed by atoms with Gasteiger partial charge in [-0.3, -0.25) is 4.57 Å². The lowest BCUT2D eigenvalue weighted by molar-refractivity contribution is 0.483. The fourth-order valence-electron chi connectivity index (χ4n) is 9.51. The van der Waals surface area contributed by atoms with E-state index in [1.165, 1.54) is 50.0 Å². The minimum absolute atomic E-state index is 0.00760. The number of fused-ring (bicyclic) bond motifs is 7.